The Balaban J connectivity index is 4.06. The van der Waals surface area contributed by atoms with Gasteiger partial charge in [-0.3, -0.25) is 9.59 Å². The van der Waals surface area contributed by atoms with Crippen LogP contribution in [0.2, 0.25) is 0 Å². The maximum atomic E-state index is 12.9. The average molecular weight is 1090 g/mol. The minimum absolute atomic E-state index is 0.173. The number of allylic oxidation sites excluding steroid dienone is 2. The van der Waals surface area contributed by atoms with E-state index in [9.17, 15) is 19.5 Å². The SMILES string of the molecule is CCCCCCCCCC/C=C\CCCCCCCCCCCCCCCCCCCCCC(=O)OC(COC(=O)CCCCCCCCCCCCCCCCCCCCCCC)COC(OCC[N+](C)(C)C)C(=O)O. The Hall–Kier alpha value is -1.97. The topological polar surface area (TPSA) is 108 Å². The van der Waals surface area contributed by atoms with Gasteiger partial charge in [-0.05, 0) is 38.5 Å². The Kier molecular flexibility index (Phi) is 58.6. The van der Waals surface area contributed by atoms with Crippen LogP contribution in [0.25, 0.3) is 0 Å². The van der Waals surface area contributed by atoms with Crippen LogP contribution in [-0.4, -0.2) is 87.4 Å². The largest absolute Gasteiger partial charge is 0.477 e. The third-order valence-corrected chi connectivity index (χ3v) is 15.5. The lowest BCUT2D eigenvalue weighted by Crippen LogP contribution is -2.40. The number of hydrogen-bond donors (Lipinski definition) is 1. The Bertz CT molecular complexity index is 1270. The fourth-order valence-corrected chi connectivity index (χ4v) is 10.3. The number of ether oxygens (including phenoxy) is 4. The van der Waals surface area contributed by atoms with Crippen molar-refractivity contribution in [2.45, 2.75) is 360 Å². The Morgan fingerprint density at radius 2 is 0.662 bits per heavy atom. The number of carbonyl (C=O) groups is 3. The smallest absolute Gasteiger partial charge is 0.361 e. The molecule has 456 valence electrons. The van der Waals surface area contributed by atoms with Crippen LogP contribution >= 0.6 is 0 Å². The second-order valence-corrected chi connectivity index (χ2v) is 24.5. The summed E-state index contributed by atoms with van der Waals surface area (Å²) in [6.07, 6.45) is 68.9. The highest BCUT2D eigenvalue weighted by Gasteiger charge is 2.25. The summed E-state index contributed by atoms with van der Waals surface area (Å²) < 4.78 is 23.0. The van der Waals surface area contributed by atoms with Gasteiger partial charge in [0.1, 0.15) is 13.2 Å². The third-order valence-electron chi connectivity index (χ3n) is 15.5. The maximum Gasteiger partial charge on any atom is 0.361 e. The van der Waals surface area contributed by atoms with Gasteiger partial charge in [0, 0.05) is 12.8 Å². The number of hydrogen-bond acceptors (Lipinski definition) is 7. The van der Waals surface area contributed by atoms with Crippen molar-refractivity contribution in [1.82, 2.24) is 0 Å². The van der Waals surface area contributed by atoms with Gasteiger partial charge < -0.3 is 28.5 Å². The number of quaternary nitrogens is 1. The molecule has 77 heavy (non-hydrogen) atoms. The molecule has 0 aliphatic heterocycles. The van der Waals surface area contributed by atoms with Crippen molar-refractivity contribution in [2.24, 2.45) is 0 Å². The van der Waals surface area contributed by atoms with E-state index in [2.05, 4.69) is 26.0 Å². The molecule has 0 bridgehead atoms. The van der Waals surface area contributed by atoms with E-state index in [-0.39, 0.29) is 38.2 Å². The summed E-state index contributed by atoms with van der Waals surface area (Å²) in [4.78, 5) is 37.6. The lowest BCUT2D eigenvalue weighted by atomic mass is 10.0. The van der Waals surface area contributed by atoms with Crippen molar-refractivity contribution in [2.75, 3.05) is 47.5 Å². The van der Waals surface area contributed by atoms with Crippen LogP contribution < -0.4 is 0 Å². The zero-order valence-electron chi connectivity index (χ0n) is 52.2. The standard InChI is InChI=1S/C68H131NO8/c1-6-8-10-12-14-16-18-20-22-24-26-28-29-30-31-32-33-34-35-36-37-39-41-43-45-47-49-51-53-55-57-59-66(71)77-64(63-76-68(67(72)73)74-61-60-69(3,4)5)62-75-65(70)58-56-54-52-50-48-46-44-42-40-38-27-25-23-21-19-17-15-13-11-9-7-2/h24,26,64,68H,6-23,25,27-63H2,1-5H3/p+1/b26-24-. The first kappa shape index (κ1) is 75.0. The normalized spacial score (nSPS) is 12.7. The molecule has 0 saturated heterocycles. The number of carbonyl (C=O) groups excluding carboxylic acids is 2. The molecule has 0 aromatic carbocycles. The number of unbranched alkanes of at least 4 members (excludes halogenated alkanes) is 47. The summed E-state index contributed by atoms with van der Waals surface area (Å²) in [5.41, 5.74) is 0. The molecule has 0 heterocycles. The number of rotatable bonds is 64. The first-order valence-corrected chi connectivity index (χ1v) is 33.9. The zero-order valence-corrected chi connectivity index (χ0v) is 52.2. The predicted molar refractivity (Wildman–Crippen MR) is 328 cm³/mol. The van der Waals surface area contributed by atoms with Crippen molar-refractivity contribution < 1.29 is 42.9 Å². The second kappa shape index (κ2) is 60.1. The summed E-state index contributed by atoms with van der Waals surface area (Å²) in [7, 11) is 5.99. The summed E-state index contributed by atoms with van der Waals surface area (Å²) in [6.45, 7) is 4.96. The number of carboxylic acid groups (broad SMARTS) is 1. The molecule has 0 amide bonds. The van der Waals surface area contributed by atoms with Gasteiger partial charge in [0.25, 0.3) is 6.29 Å². The Morgan fingerprint density at radius 1 is 0.377 bits per heavy atom. The van der Waals surface area contributed by atoms with Gasteiger partial charge in [-0.2, -0.15) is 0 Å². The monoisotopic (exact) mass is 1090 g/mol. The molecule has 0 aliphatic carbocycles. The molecule has 2 atom stereocenters. The lowest BCUT2D eigenvalue weighted by Gasteiger charge is -2.25. The van der Waals surface area contributed by atoms with Crippen LogP contribution in [0.1, 0.15) is 348 Å². The molecule has 0 saturated carbocycles. The van der Waals surface area contributed by atoms with Gasteiger partial charge in [0.2, 0.25) is 0 Å². The molecule has 0 aromatic heterocycles. The quantitative estimate of drug-likeness (QED) is 0.0211. The van der Waals surface area contributed by atoms with Gasteiger partial charge in [0.05, 0.1) is 34.4 Å². The molecule has 0 aliphatic rings. The van der Waals surface area contributed by atoms with Gasteiger partial charge in [-0.1, -0.05) is 309 Å². The van der Waals surface area contributed by atoms with E-state index in [0.29, 0.717) is 17.4 Å². The molecule has 0 radical (unpaired) electrons. The average Bonchev–Trinajstić information content (AvgIpc) is 3.40. The Morgan fingerprint density at radius 3 is 0.961 bits per heavy atom. The van der Waals surface area contributed by atoms with Crippen LogP contribution in [0.15, 0.2) is 12.2 Å². The molecule has 2 unspecified atom stereocenters. The van der Waals surface area contributed by atoms with E-state index in [0.717, 1.165) is 38.5 Å². The van der Waals surface area contributed by atoms with Crippen molar-refractivity contribution in [3.63, 3.8) is 0 Å². The van der Waals surface area contributed by atoms with E-state index in [4.69, 9.17) is 18.9 Å². The summed E-state index contributed by atoms with van der Waals surface area (Å²) in [5, 5.41) is 9.73. The van der Waals surface area contributed by atoms with Gasteiger partial charge in [-0.25, -0.2) is 4.79 Å². The molecular weight excluding hydrogens is 959 g/mol. The van der Waals surface area contributed by atoms with Crippen LogP contribution in [0.3, 0.4) is 0 Å². The minimum atomic E-state index is -1.51. The molecule has 0 fully saturated rings. The molecule has 0 aromatic rings. The number of likely N-dealkylation sites (N-methyl/N-ethyl adjacent to an activating group) is 1. The van der Waals surface area contributed by atoms with Crippen LogP contribution in [0.4, 0.5) is 0 Å². The van der Waals surface area contributed by atoms with Crippen molar-refractivity contribution in [1.29, 1.82) is 0 Å². The number of nitrogens with zero attached hydrogens (tertiary/aromatic N) is 1. The summed E-state index contributed by atoms with van der Waals surface area (Å²) in [6, 6.07) is 0. The zero-order chi connectivity index (χ0) is 56.2. The van der Waals surface area contributed by atoms with Crippen LogP contribution in [-0.2, 0) is 33.3 Å². The summed E-state index contributed by atoms with van der Waals surface area (Å²) >= 11 is 0. The van der Waals surface area contributed by atoms with E-state index in [1.165, 1.54) is 283 Å². The molecule has 1 N–H and O–H groups in total. The molecule has 0 spiro atoms. The highest BCUT2D eigenvalue weighted by atomic mass is 16.7. The fourth-order valence-electron chi connectivity index (χ4n) is 10.3. The van der Waals surface area contributed by atoms with E-state index < -0.39 is 18.4 Å². The summed E-state index contributed by atoms with van der Waals surface area (Å²) in [5.74, 6) is -1.97. The Labute approximate surface area is 478 Å². The van der Waals surface area contributed by atoms with Crippen LogP contribution in [0.5, 0.6) is 0 Å². The first-order valence-electron chi connectivity index (χ1n) is 33.9. The van der Waals surface area contributed by atoms with Crippen molar-refractivity contribution in [3.8, 4) is 0 Å². The van der Waals surface area contributed by atoms with Gasteiger partial charge >= 0.3 is 17.9 Å². The number of carboxylic acids is 1. The van der Waals surface area contributed by atoms with E-state index in [1.54, 1.807) is 0 Å². The highest BCUT2D eigenvalue weighted by molar-refractivity contribution is 5.71. The first-order chi connectivity index (χ1) is 37.6. The van der Waals surface area contributed by atoms with E-state index >= 15 is 0 Å². The fraction of sp³-hybridized carbons (Fsp3) is 0.926. The van der Waals surface area contributed by atoms with Crippen molar-refractivity contribution in [3.05, 3.63) is 12.2 Å². The van der Waals surface area contributed by atoms with Gasteiger partial charge in [-0.15, -0.1) is 0 Å². The third kappa shape index (κ3) is 61.5. The number of esters is 2. The molecule has 9 heteroatoms. The second-order valence-electron chi connectivity index (χ2n) is 24.5. The minimum Gasteiger partial charge on any atom is -0.477 e. The van der Waals surface area contributed by atoms with Gasteiger partial charge in [0.15, 0.2) is 6.10 Å². The highest BCUT2D eigenvalue weighted by Crippen LogP contribution is 2.19. The molecule has 9 nitrogen and oxygen atoms in total. The van der Waals surface area contributed by atoms with Crippen LogP contribution in [0, 0.1) is 0 Å². The number of aliphatic carboxylic acids is 1. The van der Waals surface area contributed by atoms with E-state index in [1.807, 2.05) is 21.1 Å². The molecular formula is C68H132NO8+. The van der Waals surface area contributed by atoms with Crippen molar-refractivity contribution >= 4 is 17.9 Å². The maximum absolute atomic E-state index is 12.9. The predicted octanol–water partition coefficient (Wildman–Crippen LogP) is 20.5. The molecule has 0 rings (SSSR count). The lowest BCUT2D eigenvalue weighted by molar-refractivity contribution is -0.870.